The van der Waals surface area contributed by atoms with Gasteiger partial charge in [0.2, 0.25) is 0 Å². The van der Waals surface area contributed by atoms with Crippen LogP contribution in [-0.4, -0.2) is 25.0 Å². The van der Waals surface area contributed by atoms with Crippen LogP contribution in [0.1, 0.15) is 30.5 Å². The van der Waals surface area contributed by atoms with E-state index in [1.165, 1.54) is 16.7 Å². The molecule has 0 heterocycles. The number of hydrogen-bond acceptors (Lipinski definition) is 2. The summed E-state index contributed by atoms with van der Waals surface area (Å²) in [4.78, 5) is 2.38. The van der Waals surface area contributed by atoms with E-state index >= 15 is 0 Å². The zero-order valence-corrected chi connectivity index (χ0v) is 12.5. The van der Waals surface area contributed by atoms with Crippen LogP contribution in [-0.2, 0) is 6.54 Å². The lowest BCUT2D eigenvalue weighted by Gasteiger charge is -2.26. The van der Waals surface area contributed by atoms with Gasteiger partial charge in [0.25, 0.3) is 0 Å². The Morgan fingerprint density at radius 3 is 2.33 bits per heavy atom. The molecule has 0 amide bonds. The Morgan fingerprint density at radius 2 is 1.83 bits per heavy atom. The van der Waals surface area contributed by atoms with E-state index in [9.17, 15) is 0 Å². The molecule has 0 spiro atoms. The summed E-state index contributed by atoms with van der Waals surface area (Å²) < 4.78 is 0. The van der Waals surface area contributed by atoms with Gasteiger partial charge in [-0.05, 0) is 56.0 Å². The van der Waals surface area contributed by atoms with E-state index in [2.05, 4.69) is 57.8 Å². The lowest BCUT2D eigenvalue weighted by Crippen LogP contribution is -2.32. The van der Waals surface area contributed by atoms with Gasteiger partial charge in [0.1, 0.15) is 0 Å². The molecule has 0 saturated carbocycles. The molecule has 1 aromatic rings. The van der Waals surface area contributed by atoms with Gasteiger partial charge in [0.05, 0.1) is 0 Å². The van der Waals surface area contributed by atoms with Crippen LogP contribution in [0, 0.1) is 25.7 Å². The molecule has 1 rings (SSSR count). The van der Waals surface area contributed by atoms with Crippen molar-refractivity contribution in [2.75, 3.05) is 20.1 Å². The predicted octanol–water partition coefficient (Wildman–Crippen LogP) is 2.97. The van der Waals surface area contributed by atoms with Crippen molar-refractivity contribution in [3.8, 4) is 0 Å². The van der Waals surface area contributed by atoms with Gasteiger partial charge in [0.15, 0.2) is 0 Å². The maximum atomic E-state index is 5.83. The number of aryl methyl sites for hydroxylation is 2. The molecule has 18 heavy (non-hydrogen) atoms. The van der Waals surface area contributed by atoms with Crippen LogP contribution in [0.15, 0.2) is 18.2 Å². The number of nitrogens with two attached hydrogens (primary N) is 1. The van der Waals surface area contributed by atoms with E-state index in [0.29, 0.717) is 11.8 Å². The van der Waals surface area contributed by atoms with E-state index in [0.717, 1.165) is 19.6 Å². The summed E-state index contributed by atoms with van der Waals surface area (Å²) in [6.07, 6.45) is 0. The molecule has 1 unspecified atom stereocenters. The highest BCUT2D eigenvalue weighted by Gasteiger charge is 2.14. The number of hydrogen-bond donors (Lipinski definition) is 1. The molecule has 0 saturated heterocycles. The zero-order valence-electron chi connectivity index (χ0n) is 12.5. The fourth-order valence-corrected chi connectivity index (χ4v) is 2.24. The second-order valence-corrected chi connectivity index (χ2v) is 5.86. The Kier molecular flexibility index (Phi) is 5.83. The largest absolute Gasteiger partial charge is 0.330 e. The standard InChI is InChI=1S/C16H28N2/c1-12(2)16(9-17)11-18(5)10-15-7-6-13(3)14(4)8-15/h6-8,12,16H,9-11,17H2,1-5H3. The Morgan fingerprint density at radius 1 is 1.17 bits per heavy atom. The minimum Gasteiger partial charge on any atom is -0.330 e. The molecule has 1 aromatic carbocycles. The molecule has 0 aliphatic heterocycles. The second-order valence-electron chi connectivity index (χ2n) is 5.86. The lowest BCUT2D eigenvalue weighted by atomic mass is 9.95. The maximum Gasteiger partial charge on any atom is 0.0230 e. The average Bonchev–Trinajstić information content (AvgIpc) is 2.30. The van der Waals surface area contributed by atoms with E-state index < -0.39 is 0 Å². The van der Waals surface area contributed by atoms with Crippen LogP contribution in [0.2, 0.25) is 0 Å². The summed E-state index contributed by atoms with van der Waals surface area (Å²) in [5.41, 5.74) is 9.96. The molecule has 1 atom stereocenters. The van der Waals surface area contributed by atoms with Gasteiger partial charge in [-0.3, -0.25) is 0 Å². The van der Waals surface area contributed by atoms with E-state index in [1.54, 1.807) is 0 Å². The number of benzene rings is 1. The molecule has 0 radical (unpaired) electrons. The van der Waals surface area contributed by atoms with Crippen molar-refractivity contribution < 1.29 is 0 Å². The fourth-order valence-electron chi connectivity index (χ4n) is 2.24. The van der Waals surface area contributed by atoms with E-state index in [1.807, 2.05) is 0 Å². The summed E-state index contributed by atoms with van der Waals surface area (Å²) in [5.74, 6) is 1.23. The van der Waals surface area contributed by atoms with Gasteiger partial charge in [-0.2, -0.15) is 0 Å². The van der Waals surface area contributed by atoms with Gasteiger partial charge in [-0.25, -0.2) is 0 Å². The summed E-state index contributed by atoms with van der Waals surface area (Å²) in [6.45, 7) is 11.7. The molecule has 2 heteroatoms. The van der Waals surface area contributed by atoms with Gasteiger partial charge in [-0.1, -0.05) is 32.0 Å². The van der Waals surface area contributed by atoms with Crippen molar-refractivity contribution in [3.63, 3.8) is 0 Å². The molecule has 2 nitrogen and oxygen atoms in total. The van der Waals surface area contributed by atoms with Gasteiger partial charge >= 0.3 is 0 Å². The van der Waals surface area contributed by atoms with Crippen LogP contribution < -0.4 is 5.73 Å². The Hall–Kier alpha value is -0.860. The van der Waals surface area contributed by atoms with E-state index in [4.69, 9.17) is 5.73 Å². The monoisotopic (exact) mass is 248 g/mol. The molecule has 0 aromatic heterocycles. The molecule has 0 bridgehead atoms. The van der Waals surface area contributed by atoms with Crippen molar-refractivity contribution in [2.24, 2.45) is 17.6 Å². The topological polar surface area (TPSA) is 29.3 Å². The van der Waals surface area contributed by atoms with Crippen molar-refractivity contribution in [1.82, 2.24) is 4.90 Å². The molecular formula is C16H28N2. The normalized spacial score (nSPS) is 13.3. The predicted molar refractivity (Wildman–Crippen MR) is 79.6 cm³/mol. The Bertz CT molecular complexity index is 371. The molecule has 102 valence electrons. The minimum absolute atomic E-state index is 0.585. The van der Waals surface area contributed by atoms with Crippen LogP contribution in [0.4, 0.5) is 0 Å². The number of nitrogens with zero attached hydrogens (tertiary/aromatic N) is 1. The first kappa shape index (κ1) is 15.2. The quantitative estimate of drug-likeness (QED) is 0.838. The molecule has 0 aliphatic carbocycles. The first-order valence-electron chi connectivity index (χ1n) is 6.88. The number of rotatable bonds is 6. The summed E-state index contributed by atoms with van der Waals surface area (Å²) in [5, 5.41) is 0. The fraction of sp³-hybridized carbons (Fsp3) is 0.625. The third kappa shape index (κ3) is 4.43. The Labute approximate surface area is 112 Å². The first-order chi connectivity index (χ1) is 8.43. The zero-order chi connectivity index (χ0) is 13.7. The van der Waals surface area contributed by atoms with Crippen LogP contribution in [0.25, 0.3) is 0 Å². The maximum absolute atomic E-state index is 5.83. The highest BCUT2D eigenvalue weighted by Crippen LogP contribution is 2.14. The SMILES string of the molecule is Cc1ccc(CN(C)CC(CN)C(C)C)cc1C. The summed E-state index contributed by atoms with van der Waals surface area (Å²) in [7, 11) is 2.18. The third-order valence-electron chi connectivity index (χ3n) is 3.82. The molecule has 0 fully saturated rings. The van der Waals surface area contributed by atoms with Crippen molar-refractivity contribution in [2.45, 2.75) is 34.2 Å². The van der Waals surface area contributed by atoms with Gasteiger partial charge < -0.3 is 10.6 Å². The highest BCUT2D eigenvalue weighted by molar-refractivity contribution is 5.29. The third-order valence-corrected chi connectivity index (χ3v) is 3.82. The summed E-state index contributed by atoms with van der Waals surface area (Å²) in [6, 6.07) is 6.73. The first-order valence-corrected chi connectivity index (χ1v) is 6.88. The smallest absolute Gasteiger partial charge is 0.0230 e. The van der Waals surface area contributed by atoms with Crippen LogP contribution in [0.3, 0.4) is 0 Å². The van der Waals surface area contributed by atoms with Gasteiger partial charge in [0, 0.05) is 13.1 Å². The highest BCUT2D eigenvalue weighted by atomic mass is 15.1. The molecular weight excluding hydrogens is 220 g/mol. The van der Waals surface area contributed by atoms with Crippen molar-refractivity contribution in [1.29, 1.82) is 0 Å². The average molecular weight is 248 g/mol. The summed E-state index contributed by atoms with van der Waals surface area (Å²) >= 11 is 0. The van der Waals surface area contributed by atoms with Crippen LogP contribution in [0.5, 0.6) is 0 Å². The molecule has 0 aliphatic rings. The second kappa shape index (κ2) is 6.91. The van der Waals surface area contributed by atoms with Gasteiger partial charge in [-0.15, -0.1) is 0 Å². The van der Waals surface area contributed by atoms with E-state index in [-0.39, 0.29) is 0 Å². The Balaban J connectivity index is 2.58. The van der Waals surface area contributed by atoms with Crippen molar-refractivity contribution >= 4 is 0 Å². The lowest BCUT2D eigenvalue weighted by molar-refractivity contribution is 0.234. The minimum atomic E-state index is 0.585. The van der Waals surface area contributed by atoms with Crippen LogP contribution >= 0.6 is 0 Å². The molecule has 2 N–H and O–H groups in total. The van der Waals surface area contributed by atoms with Crippen molar-refractivity contribution in [3.05, 3.63) is 34.9 Å².